The predicted octanol–water partition coefficient (Wildman–Crippen LogP) is 1.86. The van der Waals surface area contributed by atoms with Crippen LogP contribution in [0.2, 0.25) is 0 Å². The van der Waals surface area contributed by atoms with E-state index in [0.717, 1.165) is 58.4 Å². The number of morpholine rings is 1. The van der Waals surface area contributed by atoms with Crippen molar-refractivity contribution in [2.24, 2.45) is 10.9 Å². The van der Waals surface area contributed by atoms with Gasteiger partial charge in [0.05, 0.1) is 13.2 Å². The summed E-state index contributed by atoms with van der Waals surface area (Å²) in [5, 5.41) is 6.99. The van der Waals surface area contributed by atoms with Gasteiger partial charge in [0.25, 0.3) is 0 Å². The third kappa shape index (κ3) is 8.88. The van der Waals surface area contributed by atoms with Crippen molar-refractivity contribution in [3.63, 3.8) is 0 Å². The molecule has 7 heteroatoms. The summed E-state index contributed by atoms with van der Waals surface area (Å²) < 4.78 is 5.48. The number of nitrogens with zero attached hydrogens (tertiary/aromatic N) is 3. The number of halogens is 1. The van der Waals surface area contributed by atoms with Crippen LogP contribution in [0.15, 0.2) is 4.99 Å². The molecule has 1 aliphatic rings. The number of rotatable bonds is 9. The Kier molecular flexibility index (Phi) is 13.9. The smallest absolute Gasteiger partial charge is 0.191 e. The minimum Gasteiger partial charge on any atom is -0.379 e. The Balaban J connectivity index is 0.00000576. The molecule has 2 atom stereocenters. The molecule has 1 rings (SSSR count). The summed E-state index contributed by atoms with van der Waals surface area (Å²) in [6, 6.07) is 1.01. The second-order valence-electron chi connectivity index (χ2n) is 6.86. The second-order valence-corrected chi connectivity index (χ2v) is 6.86. The summed E-state index contributed by atoms with van der Waals surface area (Å²) in [6.07, 6.45) is 0. The average molecular weight is 469 g/mol. The Morgan fingerprint density at radius 1 is 1.08 bits per heavy atom. The van der Waals surface area contributed by atoms with Crippen molar-refractivity contribution in [2.75, 3.05) is 59.5 Å². The van der Waals surface area contributed by atoms with Gasteiger partial charge in [0.1, 0.15) is 0 Å². The van der Waals surface area contributed by atoms with Crippen LogP contribution in [0.1, 0.15) is 34.6 Å². The molecule has 2 N–H and O–H groups in total. The molecule has 0 bridgehead atoms. The van der Waals surface area contributed by atoms with Crippen molar-refractivity contribution in [3.8, 4) is 0 Å². The third-order valence-electron chi connectivity index (χ3n) is 4.99. The summed E-state index contributed by atoms with van der Waals surface area (Å²) in [5.74, 6) is 1.50. The largest absolute Gasteiger partial charge is 0.379 e. The maximum atomic E-state index is 5.48. The molecule has 25 heavy (non-hydrogen) atoms. The van der Waals surface area contributed by atoms with Gasteiger partial charge in [-0.05, 0) is 25.9 Å². The van der Waals surface area contributed by atoms with E-state index >= 15 is 0 Å². The first kappa shape index (κ1) is 24.9. The van der Waals surface area contributed by atoms with E-state index in [-0.39, 0.29) is 24.0 Å². The van der Waals surface area contributed by atoms with Crippen molar-refractivity contribution >= 4 is 29.9 Å². The van der Waals surface area contributed by atoms with Crippen molar-refractivity contribution in [3.05, 3.63) is 0 Å². The number of hydrogen-bond acceptors (Lipinski definition) is 4. The molecule has 150 valence electrons. The number of likely N-dealkylation sites (N-methyl/N-ethyl adjacent to an activating group) is 1. The van der Waals surface area contributed by atoms with Crippen molar-refractivity contribution < 1.29 is 4.74 Å². The van der Waals surface area contributed by atoms with Gasteiger partial charge in [-0.25, -0.2) is 0 Å². The molecular weight excluding hydrogens is 429 g/mol. The molecule has 1 aliphatic heterocycles. The maximum Gasteiger partial charge on any atom is 0.191 e. The lowest BCUT2D eigenvalue weighted by Crippen LogP contribution is -2.53. The minimum atomic E-state index is 0. The molecule has 0 saturated carbocycles. The quantitative estimate of drug-likeness (QED) is 0.307. The summed E-state index contributed by atoms with van der Waals surface area (Å²) in [7, 11) is 1.84. The molecule has 2 unspecified atom stereocenters. The molecule has 6 nitrogen and oxygen atoms in total. The fraction of sp³-hybridized carbons (Fsp3) is 0.944. The van der Waals surface area contributed by atoms with Crippen LogP contribution >= 0.6 is 24.0 Å². The Morgan fingerprint density at radius 2 is 1.64 bits per heavy atom. The fourth-order valence-corrected chi connectivity index (χ4v) is 3.34. The highest BCUT2D eigenvalue weighted by atomic mass is 127. The van der Waals surface area contributed by atoms with Gasteiger partial charge >= 0.3 is 0 Å². The average Bonchev–Trinajstić information content (AvgIpc) is 2.59. The van der Waals surface area contributed by atoms with Crippen LogP contribution in [0.4, 0.5) is 0 Å². The molecule has 1 saturated heterocycles. The summed E-state index contributed by atoms with van der Waals surface area (Å²) >= 11 is 0. The highest BCUT2D eigenvalue weighted by molar-refractivity contribution is 14.0. The second kappa shape index (κ2) is 14.0. The maximum absolute atomic E-state index is 5.48. The molecule has 1 heterocycles. The predicted molar refractivity (Wildman–Crippen MR) is 118 cm³/mol. The summed E-state index contributed by atoms with van der Waals surface area (Å²) in [4.78, 5) is 9.36. The van der Waals surface area contributed by atoms with Crippen LogP contribution in [0.25, 0.3) is 0 Å². The Bertz CT molecular complexity index is 357. The van der Waals surface area contributed by atoms with Crippen LogP contribution in [-0.4, -0.2) is 87.4 Å². The highest BCUT2D eigenvalue weighted by Crippen LogP contribution is 2.12. The minimum absolute atomic E-state index is 0. The number of nitrogens with one attached hydrogen (secondary N) is 2. The molecule has 0 aromatic heterocycles. The Labute approximate surface area is 172 Å². The lowest BCUT2D eigenvalue weighted by Gasteiger charge is -2.37. The molecule has 0 aromatic rings. The normalized spacial score (nSPS) is 18.8. The van der Waals surface area contributed by atoms with Gasteiger partial charge < -0.3 is 15.4 Å². The van der Waals surface area contributed by atoms with Crippen LogP contribution in [0, 0.1) is 5.92 Å². The van der Waals surface area contributed by atoms with E-state index in [4.69, 9.17) is 4.74 Å². The zero-order valence-electron chi connectivity index (χ0n) is 17.0. The highest BCUT2D eigenvalue weighted by Gasteiger charge is 2.24. The van der Waals surface area contributed by atoms with E-state index in [1.165, 1.54) is 0 Å². The molecular formula is C18H40IN5O. The van der Waals surface area contributed by atoms with Gasteiger partial charge in [0.2, 0.25) is 0 Å². The molecule has 0 radical (unpaired) electrons. The van der Waals surface area contributed by atoms with Crippen molar-refractivity contribution in [1.82, 2.24) is 20.4 Å². The third-order valence-corrected chi connectivity index (χ3v) is 4.99. The lowest BCUT2D eigenvalue weighted by molar-refractivity contribution is 0.00752. The van der Waals surface area contributed by atoms with E-state index in [0.29, 0.717) is 18.0 Å². The van der Waals surface area contributed by atoms with Crippen molar-refractivity contribution in [2.45, 2.75) is 46.7 Å². The van der Waals surface area contributed by atoms with Gasteiger partial charge in [-0.15, -0.1) is 24.0 Å². The molecule has 0 spiro atoms. The monoisotopic (exact) mass is 469 g/mol. The van der Waals surface area contributed by atoms with Gasteiger partial charge in [0, 0.05) is 45.3 Å². The van der Waals surface area contributed by atoms with Gasteiger partial charge in [-0.1, -0.05) is 27.7 Å². The van der Waals surface area contributed by atoms with Gasteiger partial charge in [-0.2, -0.15) is 0 Å². The standard InChI is InChI=1S/C18H39N5O.HI/c1-7-22(8-2)16(5)13-20-18(19-6)21-14-17(15(3)4)23-9-11-24-12-10-23;/h15-17H,7-14H2,1-6H3,(H2,19,20,21);1H. The summed E-state index contributed by atoms with van der Waals surface area (Å²) in [6.45, 7) is 19.0. The topological polar surface area (TPSA) is 52.1 Å². The number of hydrogen-bond donors (Lipinski definition) is 2. The Morgan fingerprint density at radius 3 is 2.12 bits per heavy atom. The van der Waals surface area contributed by atoms with E-state index in [1.54, 1.807) is 0 Å². The number of aliphatic imine (C=N–C) groups is 1. The van der Waals surface area contributed by atoms with Gasteiger partial charge in [0.15, 0.2) is 5.96 Å². The Hall–Kier alpha value is -0.120. The van der Waals surface area contributed by atoms with E-state index in [9.17, 15) is 0 Å². The zero-order chi connectivity index (χ0) is 17.9. The number of ether oxygens (including phenoxy) is 1. The first-order valence-corrected chi connectivity index (χ1v) is 9.53. The van der Waals surface area contributed by atoms with Crippen LogP contribution in [0.5, 0.6) is 0 Å². The first-order chi connectivity index (χ1) is 11.5. The van der Waals surface area contributed by atoms with E-state index < -0.39 is 0 Å². The molecule has 0 amide bonds. The van der Waals surface area contributed by atoms with Crippen LogP contribution in [-0.2, 0) is 4.74 Å². The van der Waals surface area contributed by atoms with Crippen LogP contribution < -0.4 is 10.6 Å². The van der Waals surface area contributed by atoms with Crippen molar-refractivity contribution in [1.29, 1.82) is 0 Å². The van der Waals surface area contributed by atoms with Gasteiger partial charge in [-0.3, -0.25) is 14.8 Å². The fourth-order valence-electron chi connectivity index (χ4n) is 3.34. The molecule has 0 aromatic carbocycles. The summed E-state index contributed by atoms with van der Waals surface area (Å²) in [5.41, 5.74) is 0. The number of guanidine groups is 1. The van der Waals surface area contributed by atoms with E-state index in [2.05, 4.69) is 60.0 Å². The van der Waals surface area contributed by atoms with Crippen LogP contribution in [0.3, 0.4) is 0 Å². The zero-order valence-corrected chi connectivity index (χ0v) is 19.4. The van der Waals surface area contributed by atoms with E-state index in [1.807, 2.05) is 7.05 Å². The SMILES string of the molecule is CCN(CC)C(C)CNC(=NC)NCC(C(C)C)N1CCOCC1.I. The molecule has 1 fully saturated rings. The lowest BCUT2D eigenvalue weighted by atomic mass is 10.0. The first-order valence-electron chi connectivity index (χ1n) is 9.53. The molecule has 0 aliphatic carbocycles.